The first kappa shape index (κ1) is 13.9. The van der Waals surface area contributed by atoms with E-state index in [1.54, 1.807) is 4.90 Å². The molecule has 0 radical (unpaired) electrons. The molecular weight excluding hydrogens is 266 g/mol. The van der Waals surface area contributed by atoms with Crippen molar-refractivity contribution in [3.05, 3.63) is 29.8 Å². The monoisotopic (exact) mass is 287 g/mol. The SMILES string of the molecule is CN(C)c1cccc(C(=O)N2CCN(C3CC3)C(=O)C2)c1. The number of hydrogen-bond donors (Lipinski definition) is 0. The van der Waals surface area contributed by atoms with Gasteiger partial charge in [-0.2, -0.15) is 0 Å². The third kappa shape index (κ3) is 2.86. The molecule has 0 bridgehead atoms. The van der Waals surface area contributed by atoms with Gasteiger partial charge in [0.25, 0.3) is 5.91 Å². The van der Waals surface area contributed by atoms with Crippen molar-refractivity contribution in [2.75, 3.05) is 38.6 Å². The van der Waals surface area contributed by atoms with E-state index in [0.29, 0.717) is 24.7 Å². The molecule has 1 aromatic carbocycles. The highest BCUT2D eigenvalue weighted by atomic mass is 16.2. The Balaban J connectivity index is 1.70. The topological polar surface area (TPSA) is 43.9 Å². The van der Waals surface area contributed by atoms with E-state index < -0.39 is 0 Å². The summed E-state index contributed by atoms with van der Waals surface area (Å²) < 4.78 is 0. The van der Waals surface area contributed by atoms with E-state index in [4.69, 9.17) is 0 Å². The van der Waals surface area contributed by atoms with E-state index in [9.17, 15) is 9.59 Å². The number of carbonyl (C=O) groups is 2. The molecule has 5 nitrogen and oxygen atoms in total. The van der Waals surface area contributed by atoms with Gasteiger partial charge >= 0.3 is 0 Å². The van der Waals surface area contributed by atoms with Gasteiger partial charge in [0.1, 0.15) is 6.54 Å². The average Bonchev–Trinajstić information content (AvgIpc) is 3.31. The molecule has 2 amide bonds. The van der Waals surface area contributed by atoms with E-state index in [-0.39, 0.29) is 18.4 Å². The molecule has 1 aromatic rings. The van der Waals surface area contributed by atoms with Gasteiger partial charge in [0.05, 0.1) is 0 Å². The number of hydrogen-bond acceptors (Lipinski definition) is 3. The van der Waals surface area contributed by atoms with Crippen molar-refractivity contribution in [1.82, 2.24) is 9.80 Å². The number of anilines is 1. The lowest BCUT2D eigenvalue weighted by molar-refractivity contribution is -0.135. The van der Waals surface area contributed by atoms with Crippen LogP contribution in [-0.4, -0.2) is 61.4 Å². The van der Waals surface area contributed by atoms with Crippen molar-refractivity contribution in [1.29, 1.82) is 0 Å². The van der Waals surface area contributed by atoms with Crippen LogP contribution in [0.4, 0.5) is 5.69 Å². The molecule has 0 unspecified atom stereocenters. The normalized spacial score (nSPS) is 18.9. The number of benzene rings is 1. The summed E-state index contributed by atoms with van der Waals surface area (Å²) in [5.74, 6) is 0.0309. The van der Waals surface area contributed by atoms with Crippen LogP contribution in [0.3, 0.4) is 0 Å². The fraction of sp³-hybridized carbons (Fsp3) is 0.500. The molecule has 1 saturated heterocycles. The Labute approximate surface area is 125 Å². The Bertz CT molecular complexity index is 566. The van der Waals surface area contributed by atoms with Crippen LogP contribution in [0.15, 0.2) is 24.3 Å². The maximum absolute atomic E-state index is 12.5. The van der Waals surface area contributed by atoms with Crippen molar-refractivity contribution in [2.45, 2.75) is 18.9 Å². The number of amides is 2. The number of rotatable bonds is 3. The van der Waals surface area contributed by atoms with Gasteiger partial charge in [-0.25, -0.2) is 0 Å². The average molecular weight is 287 g/mol. The molecular formula is C16H21N3O2. The molecule has 1 saturated carbocycles. The van der Waals surface area contributed by atoms with Gasteiger partial charge in [-0.1, -0.05) is 6.07 Å². The largest absolute Gasteiger partial charge is 0.378 e. The first-order valence-corrected chi connectivity index (χ1v) is 7.42. The van der Waals surface area contributed by atoms with Crippen LogP contribution >= 0.6 is 0 Å². The summed E-state index contributed by atoms with van der Waals surface area (Å²) in [5, 5.41) is 0. The van der Waals surface area contributed by atoms with Gasteiger partial charge in [0, 0.05) is 44.5 Å². The zero-order valence-electron chi connectivity index (χ0n) is 12.6. The van der Waals surface area contributed by atoms with Gasteiger partial charge in [-0.05, 0) is 31.0 Å². The lowest BCUT2D eigenvalue weighted by Crippen LogP contribution is -2.52. The first-order valence-electron chi connectivity index (χ1n) is 7.42. The third-order valence-corrected chi connectivity index (χ3v) is 4.14. The van der Waals surface area contributed by atoms with Crippen LogP contribution in [0.25, 0.3) is 0 Å². The molecule has 2 fully saturated rings. The summed E-state index contributed by atoms with van der Waals surface area (Å²) in [5.41, 5.74) is 1.64. The van der Waals surface area contributed by atoms with E-state index in [0.717, 1.165) is 18.5 Å². The molecule has 5 heteroatoms. The van der Waals surface area contributed by atoms with Crippen LogP contribution in [0.2, 0.25) is 0 Å². The molecule has 1 heterocycles. The predicted molar refractivity (Wildman–Crippen MR) is 81.4 cm³/mol. The smallest absolute Gasteiger partial charge is 0.254 e. The minimum absolute atomic E-state index is 0.0532. The number of nitrogens with zero attached hydrogens (tertiary/aromatic N) is 3. The minimum Gasteiger partial charge on any atom is -0.378 e. The molecule has 0 atom stereocenters. The fourth-order valence-corrected chi connectivity index (χ4v) is 2.73. The van der Waals surface area contributed by atoms with Crippen LogP contribution in [-0.2, 0) is 4.79 Å². The summed E-state index contributed by atoms with van der Waals surface area (Å²) in [6.45, 7) is 1.51. The van der Waals surface area contributed by atoms with E-state index in [1.807, 2.05) is 48.2 Å². The predicted octanol–water partition coefficient (Wildman–Crippen LogP) is 1.20. The quantitative estimate of drug-likeness (QED) is 0.839. The Morgan fingerprint density at radius 3 is 2.62 bits per heavy atom. The molecule has 0 N–H and O–H groups in total. The zero-order valence-corrected chi connectivity index (χ0v) is 12.6. The zero-order chi connectivity index (χ0) is 15.0. The molecule has 0 aromatic heterocycles. The van der Waals surface area contributed by atoms with Crippen molar-refractivity contribution >= 4 is 17.5 Å². The van der Waals surface area contributed by atoms with E-state index >= 15 is 0 Å². The summed E-state index contributed by atoms with van der Waals surface area (Å²) in [6, 6.07) is 7.97. The van der Waals surface area contributed by atoms with E-state index in [1.165, 1.54) is 0 Å². The molecule has 2 aliphatic rings. The van der Waals surface area contributed by atoms with Gasteiger partial charge in [-0.15, -0.1) is 0 Å². The highest BCUT2D eigenvalue weighted by Crippen LogP contribution is 2.28. The second kappa shape index (κ2) is 5.39. The minimum atomic E-state index is -0.0532. The Morgan fingerprint density at radius 2 is 2.00 bits per heavy atom. The van der Waals surface area contributed by atoms with Crippen LogP contribution in [0.5, 0.6) is 0 Å². The Kier molecular flexibility index (Phi) is 3.57. The highest BCUT2D eigenvalue weighted by molar-refractivity contribution is 5.97. The standard InChI is InChI=1S/C16H21N3O2/c1-17(2)14-5-3-4-12(10-14)16(21)18-8-9-19(13-6-7-13)15(20)11-18/h3-5,10,13H,6-9,11H2,1-2H3. The summed E-state index contributed by atoms with van der Waals surface area (Å²) in [6.07, 6.45) is 2.23. The van der Waals surface area contributed by atoms with Crippen molar-refractivity contribution in [2.24, 2.45) is 0 Å². The Hall–Kier alpha value is -2.04. The van der Waals surface area contributed by atoms with Crippen LogP contribution < -0.4 is 4.90 Å². The molecule has 1 aliphatic carbocycles. The van der Waals surface area contributed by atoms with E-state index in [2.05, 4.69) is 0 Å². The molecule has 3 rings (SSSR count). The van der Waals surface area contributed by atoms with Gasteiger partial charge in [0.15, 0.2) is 0 Å². The summed E-state index contributed by atoms with van der Waals surface area (Å²) in [4.78, 5) is 30.2. The van der Waals surface area contributed by atoms with Gasteiger partial charge < -0.3 is 14.7 Å². The van der Waals surface area contributed by atoms with Gasteiger partial charge in [-0.3, -0.25) is 9.59 Å². The van der Waals surface area contributed by atoms with Crippen molar-refractivity contribution in [3.8, 4) is 0 Å². The number of piperazine rings is 1. The maximum Gasteiger partial charge on any atom is 0.254 e. The highest BCUT2D eigenvalue weighted by Gasteiger charge is 2.36. The molecule has 112 valence electrons. The summed E-state index contributed by atoms with van der Waals surface area (Å²) in [7, 11) is 3.89. The van der Waals surface area contributed by atoms with Crippen LogP contribution in [0, 0.1) is 0 Å². The Morgan fingerprint density at radius 1 is 1.24 bits per heavy atom. The van der Waals surface area contributed by atoms with Gasteiger partial charge in [0.2, 0.25) is 5.91 Å². The maximum atomic E-state index is 12.5. The van der Waals surface area contributed by atoms with Crippen molar-refractivity contribution in [3.63, 3.8) is 0 Å². The third-order valence-electron chi connectivity index (χ3n) is 4.14. The second-order valence-electron chi connectivity index (χ2n) is 5.99. The van der Waals surface area contributed by atoms with Crippen molar-refractivity contribution < 1.29 is 9.59 Å². The second-order valence-corrected chi connectivity index (χ2v) is 5.99. The molecule has 21 heavy (non-hydrogen) atoms. The summed E-state index contributed by atoms with van der Waals surface area (Å²) >= 11 is 0. The fourth-order valence-electron chi connectivity index (χ4n) is 2.73. The van der Waals surface area contributed by atoms with Crippen LogP contribution in [0.1, 0.15) is 23.2 Å². The first-order chi connectivity index (χ1) is 10.1. The number of carbonyl (C=O) groups excluding carboxylic acids is 2. The lowest BCUT2D eigenvalue weighted by Gasteiger charge is -2.34. The molecule has 0 spiro atoms. The lowest BCUT2D eigenvalue weighted by atomic mass is 10.1. The molecule has 1 aliphatic heterocycles.